The summed E-state index contributed by atoms with van der Waals surface area (Å²) >= 11 is 0. The second-order valence-corrected chi connectivity index (χ2v) is 8.72. The van der Waals surface area contributed by atoms with Gasteiger partial charge in [0.1, 0.15) is 4.90 Å². The molecule has 1 aliphatic heterocycles. The summed E-state index contributed by atoms with van der Waals surface area (Å²) in [6, 6.07) is 10.4. The Hall–Kier alpha value is -1.70. The molecule has 2 heterocycles. The molecule has 0 atom stereocenters. The first-order valence-electron chi connectivity index (χ1n) is 8.70. The Bertz CT molecular complexity index is 807. The van der Waals surface area contributed by atoms with Crippen molar-refractivity contribution in [2.24, 2.45) is 0 Å². The zero-order valence-corrected chi connectivity index (χ0v) is 15.9. The van der Waals surface area contributed by atoms with E-state index in [1.807, 2.05) is 32.0 Å². The molecule has 1 aromatic heterocycles. The zero-order chi connectivity index (χ0) is 18.0. The van der Waals surface area contributed by atoms with Crippen LogP contribution in [0, 0.1) is 6.92 Å². The summed E-state index contributed by atoms with van der Waals surface area (Å²) in [6.45, 7) is 9.12. The molecule has 0 amide bonds. The monoisotopic (exact) mass is 362 g/mol. The van der Waals surface area contributed by atoms with Crippen molar-refractivity contribution in [3.63, 3.8) is 0 Å². The molecule has 2 aromatic rings. The third kappa shape index (κ3) is 3.94. The number of hydrogen-bond acceptors (Lipinski definition) is 4. The first-order valence-corrected chi connectivity index (χ1v) is 10.1. The Kier molecular flexibility index (Phi) is 5.27. The minimum absolute atomic E-state index is 0.144. The predicted molar refractivity (Wildman–Crippen MR) is 97.8 cm³/mol. The van der Waals surface area contributed by atoms with Gasteiger partial charge in [-0.3, -0.25) is 9.58 Å². The van der Waals surface area contributed by atoms with Gasteiger partial charge in [0, 0.05) is 45.0 Å². The van der Waals surface area contributed by atoms with Gasteiger partial charge in [-0.05, 0) is 26.3 Å². The van der Waals surface area contributed by atoms with E-state index in [1.54, 1.807) is 22.1 Å². The second-order valence-electron chi connectivity index (χ2n) is 6.82. The highest BCUT2D eigenvalue weighted by Crippen LogP contribution is 2.22. The van der Waals surface area contributed by atoms with Crippen LogP contribution in [0.2, 0.25) is 0 Å². The molecule has 7 heteroatoms. The lowest BCUT2D eigenvalue weighted by molar-refractivity contribution is 0.181. The standard InChI is InChI=1S/C18H26N4O2S/c1-15(2)22-14-18(16(3)19-22)25(23,24)21-11-9-20(10-12-21)13-17-7-5-4-6-8-17/h4-8,14-15H,9-13H2,1-3H3. The molecular formula is C18H26N4O2S. The van der Waals surface area contributed by atoms with E-state index in [0.29, 0.717) is 23.7 Å². The van der Waals surface area contributed by atoms with Crippen LogP contribution in [0.15, 0.2) is 41.4 Å². The summed E-state index contributed by atoms with van der Waals surface area (Å²) in [5.41, 5.74) is 1.83. The van der Waals surface area contributed by atoms with Gasteiger partial charge in [-0.1, -0.05) is 30.3 Å². The average Bonchev–Trinajstić information content (AvgIpc) is 2.99. The number of sulfonamides is 1. The van der Waals surface area contributed by atoms with Gasteiger partial charge < -0.3 is 0 Å². The van der Waals surface area contributed by atoms with Gasteiger partial charge in [0.2, 0.25) is 10.0 Å². The van der Waals surface area contributed by atoms with Gasteiger partial charge in [0.05, 0.1) is 5.69 Å². The van der Waals surface area contributed by atoms with Crippen molar-refractivity contribution in [2.75, 3.05) is 26.2 Å². The lowest BCUT2D eigenvalue weighted by Gasteiger charge is -2.33. The highest BCUT2D eigenvalue weighted by Gasteiger charge is 2.31. The molecule has 1 aromatic carbocycles. The Balaban J connectivity index is 1.67. The maximum Gasteiger partial charge on any atom is 0.246 e. The fourth-order valence-corrected chi connectivity index (χ4v) is 4.67. The number of hydrogen-bond donors (Lipinski definition) is 0. The van der Waals surface area contributed by atoms with E-state index in [0.717, 1.165) is 19.6 Å². The average molecular weight is 362 g/mol. The zero-order valence-electron chi connectivity index (χ0n) is 15.1. The quantitative estimate of drug-likeness (QED) is 0.819. The molecule has 6 nitrogen and oxygen atoms in total. The highest BCUT2D eigenvalue weighted by molar-refractivity contribution is 7.89. The van der Waals surface area contributed by atoms with Crippen LogP contribution in [-0.4, -0.2) is 53.6 Å². The van der Waals surface area contributed by atoms with Crippen molar-refractivity contribution in [3.8, 4) is 0 Å². The number of rotatable bonds is 5. The maximum absolute atomic E-state index is 13.0. The second kappa shape index (κ2) is 7.27. The topological polar surface area (TPSA) is 58.4 Å². The van der Waals surface area contributed by atoms with Gasteiger partial charge in [-0.15, -0.1) is 0 Å². The minimum Gasteiger partial charge on any atom is -0.296 e. The van der Waals surface area contributed by atoms with E-state index in [2.05, 4.69) is 22.1 Å². The van der Waals surface area contributed by atoms with Crippen LogP contribution in [-0.2, 0) is 16.6 Å². The summed E-state index contributed by atoms with van der Waals surface area (Å²) < 4.78 is 29.2. The summed E-state index contributed by atoms with van der Waals surface area (Å²) in [6.07, 6.45) is 1.66. The molecular weight excluding hydrogens is 336 g/mol. The van der Waals surface area contributed by atoms with Gasteiger partial charge in [0.25, 0.3) is 0 Å². The molecule has 0 unspecified atom stereocenters. The molecule has 0 aliphatic carbocycles. The van der Waals surface area contributed by atoms with Crippen molar-refractivity contribution in [1.82, 2.24) is 19.0 Å². The molecule has 0 spiro atoms. The van der Waals surface area contributed by atoms with Crippen LogP contribution >= 0.6 is 0 Å². The third-order valence-electron chi connectivity index (χ3n) is 4.60. The third-order valence-corrected chi connectivity index (χ3v) is 6.60. The van der Waals surface area contributed by atoms with Gasteiger partial charge in [-0.25, -0.2) is 8.42 Å². The molecule has 25 heavy (non-hydrogen) atoms. The summed E-state index contributed by atoms with van der Waals surface area (Å²) in [5.74, 6) is 0. The van der Waals surface area contributed by atoms with Crippen LogP contribution in [0.5, 0.6) is 0 Å². The predicted octanol–water partition coefficient (Wildman–Crippen LogP) is 2.28. The molecule has 3 rings (SSSR count). The largest absolute Gasteiger partial charge is 0.296 e. The Morgan fingerprint density at radius 1 is 1.08 bits per heavy atom. The first-order chi connectivity index (χ1) is 11.9. The molecule has 0 saturated carbocycles. The molecule has 0 bridgehead atoms. The number of aromatic nitrogens is 2. The summed E-state index contributed by atoms with van der Waals surface area (Å²) in [5, 5.41) is 4.34. The SMILES string of the molecule is Cc1nn(C(C)C)cc1S(=O)(=O)N1CCN(Cc2ccccc2)CC1. The van der Waals surface area contributed by atoms with E-state index in [1.165, 1.54) is 5.56 Å². The van der Waals surface area contributed by atoms with Crippen LogP contribution in [0.25, 0.3) is 0 Å². The number of benzene rings is 1. The van der Waals surface area contributed by atoms with E-state index in [-0.39, 0.29) is 6.04 Å². The smallest absolute Gasteiger partial charge is 0.246 e. The molecule has 136 valence electrons. The molecule has 0 N–H and O–H groups in total. The van der Waals surface area contributed by atoms with Crippen LogP contribution in [0.1, 0.15) is 31.1 Å². The summed E-state index contributed by atoms with van der Waals surface area (Å²) in [7, 11) is -3.48. The van der Waals surface area contributed by atoms with Crippen molar-refractivity contribution < 1.29 is 8.42 Å². The van der Waals surface area contributed by atoms with Crippen LogP contribution < -0.4 is 0 Å². The van der Waals surface area contributed by atoms with Crippen LogP contribution in [0.3, 0.4) is 0 Å². The van der Waals surface area contributed by atoms with Crippen molar-refractivity contribution in [2.45, 2.75) is 38.3 Å². The van der Waals surface area contributed by atoms with E-state index in [9.17, 15) is 8.42 Å². The van der Waals surface area contributed by atoms with Crippen molar-refractivity contribution >= 4 is 10.0 Å². The lowest BCUT2D eigenvalue weighted by Crippen LogP contribution is -2.48. The maximum atomic E-state index is 13.0. The van der Waals surface area contributed by atoms with E-state index < -0.39 is 10.0 Å². The number of nitrogens with zero attached hydrogens (tertiary/aromatic N) is 4. The van der Waals surface area contributed by atoms with Gasteiger partial charge in [-0.2, -0.15) is 9.40 Å². The lowest BCUT2D eigenvalue weighted by atomic mass is 10.2. The van der Waals surface area contributed by atoms with Crippen molar-refractivity contribution in [1.29, 1.82) is 0 Å². The summed E-state index contributed by atoms with van der Waals surface area (Å²) in [4.78, 5) is 2.63. The Labute approximate surface area is 150 Å². The van der Waals surface area contributed by atoms with E-state index >= 15 is 0 Å². The van der Waals surface area contributed by atoms with Crippen LogP contribution in [0.4, 0.5) is 0 Å². The molecule has 1 aliphatic rings. The fraction of sp³-hybridized carbons (Fsp3) is 0.500. The fourth-order valence-electron chi connectivity index (χ4n) is 3.09. The Morgan fingerprint density at radius 2 is 1.72 bits per heavy atom. The highest BCUT2D eigenvalue weighted by atomic mass is 32.2. The first kappa shape index (κ1) is 18.1. The molecule has 0 radical (unpaired) electrons. The van der Waals surface area contributed by atoms with Gasteiger partial charge >= 0.3 is 0 Å². The Morgan fingerprint density at radius 3 is 2.28 bits per heavy atom. The van der Waals surface area contributed by atoms with E-state index in [4.69, 9.17) is 0 Å². The number of piperazine rings is 1. The number of aryl methyl sites for hydroxylation is 1. The van der Waals surface area contributed by atoms with Crippen molar-refractivity contribution in [3.05, 3.63) is 47.8 Å². The normalized spacial score (nSPS) is 17.3. The molecule has 1 fully saturated rings. The van der Waals surface area contributed by atoms with Gasteiger partial charge in [0.15, 0.2) is 0 Å². The minimum atomic E-state index is -3.48. The molecule has 1 saturated heterocycles.